The van der Waals surface area contributed by atoms with E-state index in [1.807, 2.05) is 24.3 Å². The lowest BCUT2D eigenvalue weighted by Gasteiger charge is -2.20. The van der Waals surface area contributed by atoms with Crippen LogP contribution in [0.5, 0.6) is 0 Å². The number of nitrogens with zero attached hydrogens (tertiary/aromatic N) is 2. The molecule has 0 N–H and O–H groups in total. The van der Waals surface area contributed by atoms with Gasteiger partial charge in [-0.05, 0) is 41.4 Å². The number of benzene rings is 3. The Kier molecular flexibility index (Phi) is 6.29. The van der Waals surface area contributed by atoms with Gasteiger partial charge in [-0.2, -0.15) is 0 Å². The summed E-state index contributed by atoms with van der Waals surface area (Å²) in [6.45, 7) is 1.44. The van der Waals surface area contributed by atoms with Crippen molar-refractivity contribution in [3.8, 4) is 11.1 Å². The Balaban J connectivity index is 1.78. The van der Waals surface area contributed by atoms with Crippen molar-refractivity contribution in [2.24, 2.45) is 0 Å². The minimum absolute atomic E-state index is 0.327. The summed E-state index contributed by atoms with van der Waals surface area (Å²) in [7, 11) is 1.73. The fourth-order valence-electron chi connectivity index (χ4n) is 3.23. The molecule has 0 heterocycles. The van der Waals surface area contributed by atoms with Crippen LogP contribution in [0.1, 0.15) is 11.1 Å². The minimum atomic E-state index is -3.42. The van der Waals surface area contributed by atoms with E-state index in [4.69, 9.17) is 0 Å². The molecule has 0 atom stereocenters. The summed E-state index contributed by atoms with van der Waals surface area (Å²) in [5.41, 5.74) is 4.64. The van der Waals surface area contributed by atoms with Crippen LogP contribution in [0.25, 0.3) is 11.1 Å². The van der Waals surface area contributed by atoms with Crippen LogP contribution in [0.4, 0.5) is 0 Å². The van der Waals surface area contributed by atoms with Gasteiger partial charge in [-0.1, -0.05) is 66.7 Å². The molecular weight excluding hydrogens is 368 g/mol. The predicted molar refractivity (Wildman–Crippen MR) is 114 cm³/mol. The van der Waals surface area contributed by atoms with Crippen LogP contribution in [-0.2, 0) is 23.1 Å². The lowest BCUT2D eigenvalue weighted by Crippen LogP contribution is -2.23. The van der Waals surface area contributed by atoms with Crippen LogP contribution < -0.4 is 0 Å². The van der Waals surface area contributed by atoms with E-state index in [1.165, 1.54) is 21.0 Å². The van der Waals surface area contributed by atoms with E-state index in [9.17, 15) is 8.42 Å². The molecule has 146 valence electrons. The fourth-order valence-corrected chi connectivity index (χ4v) is 4.20. The van der Waals surface area contributed by atoms with Gasteiger partial charge in [0, 0.05) is 27.2 Å². The molecule has 0 fully saturated rings. The van der Waals surface area contributed by atoms with Gasteiger partial charge in [0.1, 0.15) is 0 Å². The molecule has 0 saturated carbocycles. The molecule has 0 aromatic heterocycles. The first-order chi connectivity index (χ1) is 13.4. The van der Waals surface area contributed by atoms with Crippen molar-refractivity contribution < 1.29 is 8.42 Å². The summed E-state index contributed by atoms with van der Waals surface area (Å²) in [4.78, 5) is 2.52. The fraction of sp³-hybridized carbons (Fsp3) is 0.217. The number of hydrogen-bond donors (Lipinski definition) is 0. The third kappa shape index (κ3) is 4.68. The van der Waals surface area contributed by atoms with Crippen molar-refractivity contribution in [1.29, 1.82) is 0 Å². The van der Waals surface area contributed by atoms with E-state index in [-0.39, 0.29) is 0 Å². The van der Waals surface area contributed by atoms with Crippen molar-refractivity contribution in [3.63, 3.8) is 0 Å². The van der Waals surface area contributed by atoms with E-state index in [1.54, 1.807) is 32.3 Å². The van der Waals surface area contributed by atoms with Crippen LogP contribution in [0.3, 0.4) is 0 Å². The normalized spacial score (nSPS) is 11.9. The first-order valence-electron chi connectivity index (χ1n) is 9.21. The first-order valence-corrected chi connectivity index (χ1v) is 10.7. The smallest absolute Gasteiger partial charge is 0.242 e. The summed E-state index contributed by atoms with van der Waals surface area (Å²) < 4.78 is 26.0. The zero-order chi connectivity index (χ0) is 20.1. The highest BCUT2D eigenvalue weighted by Crippen LogP contribution is 2.25. The summed E-state index contributed by atoms with van der Waals surface area (Å²) in [6, 6.07) is 25.9. The first kappa shape index (κ1) is 20.3. The third-order valence-corrected chi connectivity index (χ3v) is 6.48. The van der Waals surface area contributed by atoms with E-state index < -0.39 is 10.0 Å². The van der Waals surface area contributed by atoms with Crippen molar-refractivity contribution in [3.05, 3.63) is 90.0 Å². The second kappa shape index (κ2) is 8.69. The molecule has 3 aromatic rings. The summed E-state index contributed by atoms with van der Waals surface area (Å²) in [5, 5.41) is 0. The van der Waals surface area contributed by atoms with Gasteiger partial charge in [0.2, 0.25) is 10.0 Å². The van der Waals surface area contributed by atoms with Gasteiger partial charge in [-0.25, -0.2) is 12.7 Å². The van der Waals surface area contributed by atoms with Gasteiger partial charge >= 0.3 is 0 Å². The largest absolute Gasteiger partial charge is 0.298 e. The van der Waals surface area contributed by atoms with Crippen molar-refractivity contribution in [2.45, 2.75) is 18.0 Å². The molecule has 0 saturated heterocycles. The molecular formula is C23H26N2O2S. The molecule has 0 spiro atoms. The number of hydrogen-bond acceptors (Lipinski definition) is 3. The van der Waals surface area contributed by atoms with Gasteiger partial charge in [0.25, 0.3) is 0 Å². The van der Waals surface area contributed by atoms with E-state index >= 15 is 0 Å². The molecule has 0 aliphatic heterocycles. The highest BCUT2D eigenvalue weighted by atomic mass is 32.2. The maximum absolute atomic E-state index is 12.4. The average molecular weight is 395 g/mol. The Hall–Kier alpha value is -2.47. The second-order valence-electron chi connectivity index (χ2n) is 7.13. The lowest BCUT2D eigenvalue weighted by atomic mass is 9.99. The second-order valence-corrected chi connectivity index (χ2v) is 9.28. The summed E-state index contributed by atoms with van der Waals surface area (Å²) in [6.07, 6.45) is 0. The van der Waals surface area contributed by atoms with Gasteiger partial charge in [-0.3, -0.25) is 4.90 Å². The SMILES string of the molecule is CN(Cc1cccc(S(=O)(=O)N(C)C)c1)Cc1ccccc1-c1ccccc1. The van der Waals surface area contributed by atoms with Gasteiger partial charge in [0.15, 0.2) is 0 Å². The molecule has 0 aliphatic carbocycles. The topological polar surface area (TPSA) is 40.6 Å². The molecule has 0 radical (unpaired) electrons. The molecule has 0 aliphatic rings. The molecule has 0 amide bonds. The van der Waals surface area contributed by atoms with Crippen LogP contribution >= 0.6 is 0 Å². The van der Waals surface area contributed by atoms with E-state index in [0.29, 0.717) is 11.4 Å². The Morgan fingerprint density at radius 1 is 0.750 bits per heavy atom. The molecule has 0 bridgehead atoms. The highest BCUT2D eigenvalue weighted by Gasteiger charge is 2.17. The predicted octanol–water partition coefficient (Wildman–Crippen LogP) is 4.24. The molecule has 0 unspecified atom stereocenters. The van der Waals surface area contributed by atoms with Crippen LogP contribution in [-0.4, -0.2) is 38.8 Å². The van der Waals surface area contributed by atoms with E-state index in [2.05, 4.69) is 48.3 Å². The van der Waals surface area contributed by atoms with E-state index in [0.717, 1.165) is 12.1 Å². The average Bonchev–Trinajstić information content (AvgIpc) is 2.69. The number of sulfonamides is 1. The molecule has 3 rings (SSSR count). The quantitative estimate of drug-likeness (QED) is 0.602. The zero-order valence-corrected chi connectivity index (χ0v) is 17.4. The molecule has 4 nitrogen and oxygen atoms in total. The maximum Gasteiger partial charge on any atom is 0.242 e. The molecule has 3 aromatic carbocycles. The Morgan fingerprint density at radius 3 is 2.14 bits per heavy atom. The standard InChI is InChI=1S/C23H26N2O2S/c1-24(2)28(26,27)22-14-9-10-19(16-22)17-25(3)18-21-13-7-8-15-23(21)20-11-5-4-6-12-20/h4-16H,17-18H2,1-3H3. The van der Waals surface area contributed by atoms with Crippen LogP contribution in [0, 0.1) is 0 Å². The Bertz CT molecular complexity index is 1030. The Morgan fingerprint density at radius 2 is 1.43 bits per heavy atom. The monoisotopic (exact) mass is 394 g/mol. The van der Waals surface area contributed by atoms with Crippen LogP contribution in [0.2, 0.25) is 0 Å². The van der Waals surface area contributed by atoms with Crippen molar-refractivity contribution >= 4 is 10.0 Å². The summed E-state index contributed by atoms with van der Waals surface area (Å²) >= 11 is 0. The zero-order valence-electron chi connectivity index (χ0n) is 16.5. The van der Waals surface area contributed by atoms with Gasteiger partial charge in [-0.15, -0.1) is 0 Å². The third-order valence-electron chi connectivity index (χ3n) is 4.67. The lowest BCUT2D eigenvalue weighted by molar-refractivity contribution is 0.319. The summed E-state index contributed by atoms with van der Waals surface area (Å²) in [5.74, 6) is 0. The number of rotatable bonds is 7. The van der Waals surface area contributed by atoms with Crippen molar-refractivity contribution in [1.82, 2.24) is 9.21 Å². The van der Waals surface area contributed by atoms with Gasteiger partial charge in [0.05, 0.1) is 4.90 Å². The van der Waals surface area contributed by atoms with Gasteiger partial charge < -0.3 is 0 Å². The highest BCUT2D eigenvalue weighted by molar-refractivity contribution is 7.89. The van der Waals surface area contributed by atoms with Crippen LogP contribution in [0.15, 0.2) is 83.8 Å². The molecule has 28 heavy (non-hydrogen) atoms. The maximum atomic E-state index is 12.4. The van der Waals surface area contributed by atoms with Crippen molar-refractivity contribution in [2.75, 3.05) is 21.1 Å². The molecule has 5 heteroatoms. The minimum Gasteiger partial charge on any atom is -0.298 e. The Labute approximate surface area is 168 Å².